The van der Waals surface area contributed by atoms with Crippen LogP contribution < -0.4 is 4.74 Å². The van der Waals surface area contributed by atoms with Gasteiger partial charge in [0.2, 0.25) is 0 Å². The summed E-state index contributed by atoms with van der Waals surface area (Å²) in [6.45, 7) is 6.11. The molecular weight excluding hydrogens is 238 g/mol. The molecule has 1 aromatic rings. The van der Waals surface area contributed by atoms with Gasteiger partial charge < -0.3 is 9.64 Å². The van der Waals surface area contributed by atoms with E-state index in [1.54, 1.807) is 50.1 Å². The molecule has 17 heavy (non-hydrogen) atoms. The Balaban J connectivity index is 2.78. The highest BCUT2D eigenvalue weighted by atomic mass is 35.5. The van der Waals surface area contributed by atoms with Gasteiger partial charge in [0.1, 0.15) is 5.75 Å². The zero-order valence-electron chi connectivity index (χ0n) is 10.7. The van der Waals surface area contributed by atoms with Crippen molar-refractivity contribution < 1.29 is 9.53 Å². The monoisotopic (exact) mass is 255 g/mol. The van der Waals surface area contributed by atoms with E-state index in [1.165, 1.54) is 0 Å². The lowest BCUT2D eigenvalue weighted by atomic mass is 10.1. The Bertz CT molecular complexity index is 387. The third-order valence-corrected chi connectivity index (χ3v) is 2.77. The normalized spacial score (nSPS) is 11.1. The van der Waals surface area contributed by atoms with Gasteiger partial charge in [0.15, 0.2) is 5.60 Å². The molecule has 1 rings (SSSR count). The lowest BCUT2D eigenvalue weighted by molar-refractivity contribution is -0.143. The first-order chi connectivity index (χ1) is 7.86. The van der Waals surface area contributed by atoms with Crippen molar-refractivity contribution in [1.82, 2.24) is 4.90 Å². The molecule has 0 heterocycles. The fourth-order valence-electron chi connectivity index (χ4n) is 1.44. The first kappa shape index (κ1) is 13.8. The van der Waals surface area contributed by atoms with Crippen LogP contribution in [0.25, 0.3) is 0 Å². The van der Waals surface area contributed by atoms with Gasteiger partial charge >= 0.3 is 0 Å². The molecule has 0 N–H and O–H groups in total. The second-order valence-corrected chi connectivity index (χ2v) is 4.82. The lowest BCUT2D eigenvalue weighted by Gasteiger charge is -2.29. The van der Waals surface area contributed by atoms with Gasteiger partial charge in [-0.25, -0.2) is 0 Å². The van der Waals surface area contributed by atoms with E-state index in [-0.39, 0.29) is 5.91 Å². The molecule has 0 spiro atoms. The molecule has 0 radical (unpaired) electrons. The Labute approximate surface area is 107 Å². The lowest BCUT2D eigenvalue weighted by Crippen LogP contribution is -2.47. The maximum absolute atomic E-state index is 12.0. The first-order valence-corrected chi connectivity index (χ1v) is 5.94. The van der Waals surface area contributed by atoms with E-state index < -0.39 is 5.60 Å². The van der Waals surface area contributed by atoms with Crippen molar-refractivity contribution in [2.75, 3.05) is 13.6 Å². The van der Waals surface area contributed by atoms with E-state index in [4.69, 9.17) is 16.3 Å². The summed E-state index contributed by atoms with van der Waals surface area (Å²) in [6.07, 6.45) is 0. The number of ether oxygens (including phenoxy) is 1. The Hall–Kier alpha value is -1.22. The summed E-state index contributed by atoms with van der Waals surface area (Å²) in [4.78, 5) is 13.7. The Morgan fingerprint density at radius 3 is 2.35 bits per heavy atom. The second kappa shape index (κ2) is 5.41. The third kappa shape index (κ3) is 3.63. The number of amides is 1. The molecule has 0 aliphatic carbocycles. The van der Waals surface area contributed by atoms with Crippen LogP contribution in [0.5, 0.6) is 5.75 Å². The van der Waals surface area contributed by atoms with Crippen LogP contribution in [0.2, 0.25) is 5.02 Å². The van der Waals surface area contributed by atoms with E-state index in [0.717, 1.165) is 0 Å². The van der Waals surface area contributed by atoms with Gasteiger partial charge in [-0.1, -0.05) is 11.6 Å². The van der Waals surface area contributed by atoms with Gasteiger partial charge in [-0.3, -0.25) is 4.79 Å². The summed E-state index contributed by atoms with van der Waals surface area (Å²) < 4.78 is 5.69. The average molecular weight is 256 g/mol. The van der Waals surface area contributed by atoms with Crippen molar-refractivity contribution in [2.24, 2.45) is 0 Å². The van der Waals surface area contributed by atoms with Crippen molar-refractivity contribution in [1.29, 1.82) is 0 Å². The van der Waals surface area contributed by atoms with Crippen molar-refractivity contribution >= 4 is 17.5 Å². The minimum absolute atomic E-state index is 0.0463. The zero-order chi connectivity index (χ0) is 13.1. The third-order valence-electron chi connectivity index (χ3n) is 2.52. The van der Waals surface area contributed by atoms with Crippen LogP contribution in [0, 0.1) is 0 Å². The summed E-state index contributed by atoms with van der Waals surface area (Å²) in [5.74, 6) is 0.590. The number of benzene rings is 1. The van der Waals surface area contributed by atoms with E-state index in [0.29, 0.717) is 17.3 Å². The molecule has 0 fully saturated rings. The predicted molar refractivity (Wildman–Crippen MR) is 69.5 cm³/mol. The summed E-state index contributed by atoms with van der Waals surface area (Å²) in [7, 11) is 1.76. The number of nitrogens with zero attached hydrogens (tertiary/aromatic N) is 1. The molecule has 1 aromatic carbocycles. The van der Waals surface area contributed by atoms with Crippen molar-refractivity contribution in [2.45, 2.75) is 26.4 Å². The molecule has 0 atom stereocenters. The minimum atomic E-state index is -0.876. The molecule has 0 saturated carbocycles. The summed E-state index contributed by atoms with van der Waals surface area (Å²) >= 11 is 5.79. The van der Waals surface area contributed by atoms with Gasteiger partial charge in [0, 0.05) is 18.6 Å². The number of halogens is 1. The van der Waals surface area contributed by atoms with Gasteiger partial charge in [-0.05, 0) is 45.0 Å². The van der Waals surface area contributed by atoms with Crippen molar-refractivity contribution in [3.8, 4) is 5.75 Å². The van der Waals surface area contributed by atoms with Crippen molar-refractivity contribution in [3.63, 3.8) is 0 Å². The van der Waals surface area contributed by atoms with E-state index in [2.05, 4.69) is 0 Å². The molecule has 0 unspecified atom stereocenters. The molecule has 0 saturated heterocycles. The van der Waals surface area contributed by atoms with Crippen LogP contribution in [0.4, 0.5) is 0 Å². The van der Waals surface area contributed by atoms with Crippen molar-refractivity contribution in [3.05, 3.63) is 29.3 Å². The van der Waals surface area contributed by atoms with Crippen LogP contribution >= 0.6 is 11.6 Å². The van der Waals surface area contributed by atoms with E-state index in [1.807, 2.05) is 6.92 Å². The molecular formula is C13H18ClNO2. The predicted octanol–water partition coefficient (Wildman–Crippen LogP) is 2.98. The van der Waals surface area contributed by atoms with Crippen LogP contribution in [0.3, 0.4) is 0 Å². The SMILES string of the molecule is CCN(C)C(=O)C(C)(C)Oc1ccc(Cl)cc1. The molecule has 1 amide bonds. The number of rotatable bonds is 4. The minimum Gasteiger partial charge on any atom is -0.478 e. The quantitative estimate of drug-likeness (QED) is 0.828. The number of carbonyl (C=O) groups excluding carboxylic acids is 1. The fraction of sp³-hybridized carbons (Fsp3) is 0.462. The van der Waals surface area contributed by atoms with E-state index >= 15 is 0 Å². The van der Waals surface area contributed by atoms with Gasteiger partial charge in [-0.2, -0.15) is 0 Å². The summed E-state index contributed by atoms with van der Waals surface area (Å²) in [5, 5.41) is 0.646. The van der Waals surface area contributed by atoms with Crippen LogP contribution in [0.15, 0.2) is 24.3 Å². The summed E-state index contributed by atoms with van der Waals surface area (Å²) in [5.41, 5.74) is -0.876. The summed E-state index contributed by atoms with van der Waals surface area (Å²) in [6, 6.07) is 6.98. The molecule has 0 aliphatic heterocycles. The van der Waals surface area contributed by atoms with Crippen LogP contribution in [-0.4, -0.2) is 30.0 Å². The highest BCUT2D eigenvalue weighted by Crippen LogP contribution is 2.21. The molecule has 0 aromatic heterocycles. The zero-order valence-corrected chi connectivity index (χ0v) is 11.4. The molecule has 94 valence electrons. The molecule has 0 bridgehead atoms. The average Bonchev–Trinajstić information content (AvgIpc) is 2.30. The van der Waals surface area contributed by atoms with Gasteiger partial charge in [0.25, 0.3) is 5.91 Å². The molecule has 0 aliphatic rings. The molecule has 3 nitrogen and oxygen atoms in total. The largest absolute Gasteiger partial charge is 0.478 e. The Morgan fingerprint density at radius 1 is 1.35 bits per heavy atom. The maximum atomic E-state index is 12.0. The molecule has 4 heteroatoms. The Morgan fingerprint density at radius 2 is 1.88 bits per heavy atom. The maximum Gasteiger partial charge on any atom is 0.265 e. The van der Waals surface area contributed by atoms with E-state index in [9.17, 15) is 4.79 Å². The highest BCUT2D eigenvalue weighted by molar-refractivity contribution is 6.30. The number of likely N-dealkylation sites (N-methyl/N-ethyl adjacent to an activating group) is 1. The number of hydrogen-bond acceptors (Lipinski definition) is 2. The first-order valence-electron chi connectivity index (χ1n) is 5.57. The smallest absolute Gasteiger partial charge is 0.265 e. The van der Waals surface area contributed by atoms with Gasteiger partial charge in [0.05, 0.1) is 0 Å². The number of carbonyl (C=O) groups is 1. The second-order valence-electron chi connectivity index (χ2n) is 4.39. The van der Waals surface area contributed by atoms with Crippen LogP contribution in [-0.2, 0) is 4.79 Å². The number of hydrogen-bond donors (Lipinski definition) is 0. The van der Waals surface area contributed by atoms with Gasteiger partial charge in [-0.15, -0.1) is 0 Å². The Kier molecular flexibility index (Phi) is 4.40. The topological polar surface area (TPSA) is 29.5 Å². The highest BCUT2D eigenvalue weighted by Gasteiger charge is 2.32. The van der Waals surface area contributed by atoms with Crippen LogP contribution in [0.1, 0.15) is 20.8 Å². The fourth-order valence-corrected chi connectivity index (χ4v) is 1.57. The standard InChI is InChI=1S/C13H18ClNO2/c1-5-15(4)12(16)13(2,3)17-11-8-6-10(14)7-9-11/h6-9H,5H2,1-4H3.